The number of benzene rings is 1. The van der Waals surface area contributed by atoms with E-state index >= 15 is 0 Å². The standard InChI is InChI=1S/C21H29N5O/c1-21(2,3)16-7-9-17(10-8-16)25-20(27)23-15-18-11-12-22-19(24-18)26-13-5-4-6-14-26/h7-12H,4-6,13-15H2,1-3H3,(H2,23,25,27). The molecule has 0 unspecified atom stereocenters. The molecular weight excluding hydrogens is 338 g/mol. The van der Waals surface area contributed by atoms with Crippen molar-refractivity contribution in [2.24, 2.45) is 0 Å². The third-order valence-corrected chi connectivity index (χ3v) is 4.78. The molecule has 0 spiro atoms. The fraction of sp³-hybridized carbons (Fsp3) is 0.476. The number of carbonyl (C=O) groups is 1. The van der Waals surface area contributed by atoms with E-state index in [9.17, 15) is 4.79 Å². The Kier molecular flexibility index (Phi) is 5.94. The van der Waals surface area contributed by atoms with Crippen molar-refractivity contribution >= 4 is 17.7 Å². The normalized spacial score (nSPS) is 14.7. The lowest BCUT2D eigenvalue weighted by molar-refractivity contribution is 0.251. The van der Waals surface area contributed by atoms with Gasteiger partial charge in [-0.2, -0.15) is 0 Å². The zero-order valence-corrected chi connectivity index (χ0v) is 16.5. The van der Waals surface area contributed by atoms with Gasteiger partial charge in [0.15, 0.2) is 0 Å². The molecule has 6 heteroatoms. The Hall–Kier alpha value is -2.63. The van der Waals surface area contributed by atoms with Crippen LogP contribution in [0.25, 0.3) is 0 Å². The highest BCUT2D eigenvalue weighted by molar-refractivity contribution is 5.89. The van der Waals surface area contributed by atoms with Crippen LogP contribution in [0.15, 0.2) is 36.5 Å². The summed E-state index contributed by atoms with van der Waals surface area (Å²) in [6, 6.07) is 9.55. The van der Waals surface area contributed by atoms with Crippen LogP contribution in [0.5, 0.6) is 0 Å². The first kappa shape index (κ1) is 19.1. The number of amides is 2. The maximum atomic E-state index is 12.2. The van der Waals surface area contributed by atoms with Crippen LogP contribution >= 0.6 is 0 Å². The van der Waals surface area contributed by atoms with Gasteiger partial charge in [0.25, 0.3) is 0 Å². The minimum Gasteiger partial charge on any atom is -0.341 e. The number of urea groups is 1. The molecule has 1 aliphatic heterocycles. The first-order chi connectivity index (χ1) is 12.9. The maximum Gasteiger partial charge on any atom is 0.319 e. The zero-order valence-electron chi connectivity index (χ0n) is 16.5. The van der Waals surface area contributed by atoms with Gasteiger partial charge in [0.2, 0.25) is 5.95 Å². The van der Waals surface area contributed by atoms with Crippen LogP contribution in [0.2, 0.25) is 0 Å². The van der Waals surface area contributed by atoms with Crippen LogP contribution in [-0.4, -0.2) is 29.1 Å². The number of piperidine rings is 1. The van der Waals surface area contributed by atoms with Gasteiger partial charge in [0, 0.05) is 25.0 Å². The molecule has 2 amide bonds. The summed E-state index contributed by atoms with van der Waals surface area (Å²) in [6.07, 6.45) is 5.40. The summed E-state index contributed by atoms with van der Waals surface area (Å²) in [5.41, 5.74) is 2.92. The molecule has 0 aliphatic carbocycles. The fourth-order valence-electron chi connectivity index (χ4n) is 3.13. The second-order valence-electron chi connectivity index (χ2n) is 8.03. The molecular formula is C21H29N5O. The molecule has 0 bridgehead atoms. The van der Waals surface area contributed by atoms with Crippen LogP contribution in [0.1, 0.15) is 51.3 Å². The topological polar surface area (TPSA) is 70.2 Å². The summed E-state index contributed by atoms with van der Waals surface area (Å²) in [5, 5.41) is 5.73. The lowest BCUT2D eigenvalue weighted by Crippen LogP contribution is -2.32. The molecule has 1 aliphatic rings. The molecule has 2 heterocycles. The molecule has 2 aromatic rings. The van der Waals surface area contributed by atoms with Gasteiger partial charge in [-0.1, -0.05) is 32.9 Å². The number of hydrogen-bond acceptors (Lipinski definition) is 4. The number of rotatable bonds is 4. The highest BCUT2D eigenvalue weighted by atomic mass is 16.2. The minimum absolute atomic E-state index is 0.0971. The number of carbonyl (C=O) groups excluding carboxylic acids is 1. The predicted octanol–water partition coefficient (Wildman–Crippen LogP) is 4.09. The van der Waals surface area contributed by atoms with Crippen molar-refractivity contribution in [3.05, 3.63) is 47.8 Å². The van der Waals surface area contributed by atoms with Crippen LogP contribution < -0.4 is 15.5 Å². The number of nitrogens with one attached hydrogen (secondary N) is 2. The first-order valence-corrected chi connectivity index (χ1v) is 9.64. The summed E-state index contributed by atoms with van der Waals surface area (Å²) >= 11 is 0. The van der Waals surface area contributed by atoms with E-state index < -0.39 is 0 Å². The summed E-state index contributed by atoms with van der Waals surface area (Å²) in [4.78, 5) is 23.3. The largest absolute Gasteiger partial charge is 0.341 e. The monoisotopic (exact) mass is 367 g/mol. The highest BCUT2D eigenvalue weighted by Crippen LogP contribution is 2.23. The summed E-state index contributed by atoms with van der Waals surface area (Å²) in [6.45, 7) is 8.88. The van der Waals surface area contributed by atoms with E-state index in [-0.39, 0.29) is 11.4 Å². The lowest BCUT2D eigenvalue weighted by Gasteiger charge is -2.26. The van der Waals surface area contributed by atoms with Gasteiger partial charge in [0.05, 0.1) is 12.2 Å². The van der Waals surface area contributed by atoms with Crippen molar-refractivity contribution < 1.29 is 4.79 Å². The van der Waals surface area contributed by atoms with Gasteiger partial charge in [-0.25, -0.2) is 14.8 Å². The second-order valence-corrected chi connectivity index (χ2v) is 8.03. The van der Waals surface area contributed by atoms with Crippen LogP contribution in [0.4, 0.5) is 16.4 Å². The molecule has 1 saturated heterocycles. The molecule has 0 atom stereocenters. The van der Waals surface area contributed by atoms with Crippen molar-refractivity contribution in [1.82, 2.24) is 15.3 Å². The maximum absolute atomic E-state index is 12.2. The molecule has 0 radical (unpaired) electrons. The Morgan fingerprint density at radius 2 is 1.78 bits per heavy atom. The Labute approximate surface area is 161 Å². The van der Waals surface area contributed by atoms with E-state index in [4.69, 9.17) is 0 Å². The Balaban J connectivity index is 1.53. The molecule has 1 fully saturated rings. The number of anilines is 2. The van der Waals surface area contributed by atoms with Gasteiger partial charge in [-0.05, 0) is 48.4 Å². The number of nitrogens with zero attached hydrogens (tertiary/aromatic N) is 3. The first-order valence-electron chi connectivity index (χ1n) is 9.64. The Morgan fingerprint density at radius 1 is 1.07 bits per heavy atom. The highest BCUT2D eigenvalue weighted by Gasteiger charge is 2.14. The van der Waals surface area contributed by atoms with Crippen LogP contribution in [0.3, 0.4) is 0 Å². The van der Waals surface area contributed by atoms with Crippen molar-refractivity contribution in [1.29, 1.82) is 0 Å². The molecule has 27 heavy (non-hydrogen) atoms. The van der Waals surface area contributed by atoms with Crippen molar-refractivity contribution in [3.63, 3.8) is 0 Å². The molecule has 6 nitrogen and oxygen atoms in total. The summed E-state index contributed by atoms with van der Waals surface area (Å²) in [7, 11) is 0. The molecule has 1 aromatic carbocycles. The number of aromatic nitrogens is 2. The smallest absolute Gasteiger partial charge is 0.319 e. The predicted molar refractivity (Wildman–Crippen MR) is 109 cm³/mol. The molecule has 2 N–H and O–H groups in total. The van der Waals surface area contributed by atoms with Crippen molar-refractivity contribution in [2.75, 3.05) is 23.3 Å². The van der Waals surface area contributed by atoms with E-state index in [1.54, 1.807) is 6.20 Å². The average Bonchev–Trinajstić information content (AvgIpc) is 2.67. The van der Waals surface area contributed by atoms with Crippen LogP contribution in [0, 0.1) is 0 Å². The van der Waals surface area contributed by atoms with Gasteiger partial charge in [-0.15, -0.1) is 0 Å². The van der Waals surface area contributed by atoms with E-state index in [2.05, 4.69) is 46.3 Å². The SMILES string of the molecule is CC(C)(C)c1ccc(NC(=O)NCc2ccnc(N3CCCCC3)n2)cc1. The van der Waals surface area contributed by atoms with E-state index in [0.29, 0.717) is 6.54 Å². The van der Waals surface area contributed by atoms with E-state index in [1.165, 1.54) is 24.8 Å². The molecule has 3 rings (SSSR count). The van der Waals surface area contributed by atoms with Gasteiger partial charge in [-0.3, -0.25) is 0 Å². The van der Waals surface area contributed by atoms with Crippen molar-refractivity contribution in [3.8, 4) is 0 Å². The van der Waals surface area contributed by atoms with Crippen molar-refractivity contribution in [2.45, 2.75) is 52.0 Å². The quantitative estimate of drug-likeness (QED) is 0.854. The summed E-state index contributed by atoms with van der Waals surface area (Å²) in [5.74, 6) is 0.757. The van der Waals surface area contributed by atoms with Gasteiger partial charge < -0.3 is 15.5 Å². The third-order valence-electron chi connectivity index (χ3n) is 4.78. The lowest BCUT2D eigenvalue weighted by atomic mass is 9.87. The van der Waals surface area contributed by atoms with E-state index in [1.807, 2.05) is 30.3 Å². The Morgan fingerprint density at radius 3 is 2.44 bits per heavy atom. The summed E-state index contributed by atoms with van der Waals surface area (Å²) < 4.78 is 0. The minimum atomic E-state index is -0.239. The molecule has 0 saturated carbocycles. The molecule has 1 aromatic heterocycles. The van der Waals surface area contributed by atoms with Gasteiger partial charge >= 0.3 is 6.03 Å². The average molecular weight is 367 g/mol. The third kappa shape index (κ3) is 5.42. The number of hydrogen-bond donors (Lipinski definition) is 2. The van der Waals surface area contributed by atoms with E-state index in [0.717, 1.165) is 30.4 Å². The fourth-order valence-corrected chi connectivity index (χ4v) is 3.13. The molecule has 144 valence electrons. The Bertz CT molecular complexity index is 761. The zero-order chi connectivity index (χ0) is 19.3. The second kappa shape index (κ2) is 8.37. The van der Waals surface area contributed by atoms with Gasteiger partial charge in [0.1, 0.15) is 0 Å². The van der Waals surface area contributed by atoms with Crippen LogP contribution in [-0.2, 0) is 12.0 Å².